The highest BCUT2D eigenvalue weighted by atomic mass is 16.5. The minimum atomic E-state index is -1.17. The first-order valence-electron chi connectivity index (χ1n) is 14.3. The SMILES string of the molecule is CCCCC(C)CCCCCCCCCCCCCCCC(=O)OC(CC(=O)[O-])C[N+](C)(C)C. The number of esters is 1. The average molecular weight is 484 g/mol. The van der Waals surface area contributed by atoms with Crippen molar-refractivity contribution in [2.75, 3.05) is 27.7 Å². The van der Waals surface area contributed by atoms with Gasteiger partial charge < -0.3 is 19.1 Å². The molecule has 5 nitrogen and oxygen atoms in total. The standard InChI is InChI=1S/C29H57NO4/c1-6-7-21-26(2)22-19-17-15-13-11-9-8-10-12-14-16-18-20-23-29(33)34-27(24-28(31)32)25-30(3,4)5/h26-27H,6-25H2,1-5H3. The second-order valence-corrected chi connectivity index (χ2v) is 11.5. The molecule has 0 aromatic carbocycles. The van der Waals surface area contributed by atoms with Gasteiger partial charge in [0.1, 0.15) is 6.54 Å². The normalized spacial score (nSPS) is 13.6. The van der Waals surface area contributed by atoms with Gasteiger partial charge in [-0.3, -0.25) is 4.79 Å². The number of quaternary nitrogens is 1. The van der Waals surface area contributed by atoms with Gasteiger partial charge in [0, 0.05) is 18.8 Å². The summed E-state index contributed by atoms with van der Waals surface area (Å²) in [5.74, 6) is -0.541. The summed E-state index contributed by atoms with van der Waals surface area (Å²) in [6.45, 7) is 5.16. The third-order valence-corrected chi connectivity index (χ3v) is 6.57. The first-order valence-corrected chi connectivity index (χ1v) is 14.3. The molecule has 5 heteroatoms. The Labute approximate surface area is 211 Å². The number of likely N-dealkylation sites (N-methyl/N-ethyl adjacent to an activating group) is 1. The highest BCUT2D eigenvalue weighted by molar-refractivity contribution is 5.70. The quantitative estimate of drug-likeness (QED) is 0.0902. The number of ether oxygens (including phenoxy) is 1. The number of unbranched alkanes of at least 4 members (excludes halogenated alkanes) is 13. The van der Waals surface area contributed by atoms with Crippen LogP contribution in [-0.4, -0.2) is 50.2 Å². The Kier molecular flexibility index (Phi) is 20.5. The molecule has 0 aromatic heterocycles. The van der Waals surface area contributed by atoms with Gasteiger partial charge in [0.05, 0.1) is 21.1 Å². The van der Waals surface area contributed by atoms with E-state index in [2.05, 4.69) is 13.8 Å². The summed E-state index contributed by atoms with van der Waals surface area (Å²) in [6, 6.07) is 0. The maximum Gasteiger partial charge on any atom is 0.306 e. The lowest BCUT2D eigenvalue weighted by Gasteiger charge is -2.29. The minimum absolute atomic E-state index is 0.236. The van der Waals surface area contributed by atoms with Crippen molar-refractivity contribution in [1.82, 2.24) is 0 Å². The Hall–Kier alpha value is -1.10. The van der Waals surface area contributed by atoms with E-state index in [4.69, 9.17) is 4.74 Å². The minimum Gasteiger partial charge on any atom is -0.550 e. The molecule has 0 rings (SSSR count). The van der Waals surface area contributed by atoms with E-state index in [1.54, 1.807) is 0 Å². The summed E-state index contributed by atoms with van der Waals surface area (Å²) >= 11 is 0. The van der Waals surface area contributed by atoms with Gasteiger partial charge in [-0.1, -0.05) is 117 Å². The van der Waals surface area contributed by atoms with Gasteiger partial charge in [0.15, 0.2) is 6.10 Å². The molecule has 0 spiro atoms. The number of carbonyl (C=O) groups is 2. The summed E-state index contributed by atoms with van der Waals surface area (Å²) in [5.41, 5.74) is 0. The van der Waals surface area contributed by atoms with Gasteiger partial charge in [-0.05, 0) is 12.3 Å². The summed E-state index contributed by atoms with van der Waals surface area (Å²) < 4.78 is 5.95. The first-order chi connectivity index (χ1) is 16.1. The molecule has 0 amide bonds. The van der Waals surface area contributed by atoms with Crippen molar-refractivity contribution >= 4 is 11.9 Å². The molecule has 202 valence electrons. The number of hydrogen-bond donors (Lipinski definition) is 0. The van der Waals surface area contributed by atoms with Crippen molar-refractivity contribution in [3.05, 3.63) is 0 Å². The van der Waals surface area contributed by atoms with Gasteiger partial charge in [-0.25, -0.2) is 0 Å². The van der Waals surface area contributed by atoms with Crippen LogP contribution in [-0.2, 0) is 14.3 Å². The van der Waals surface area contributed by atoms with Gasteiger partial charge in [0.25, 0.3) is 0 Å². The van der Waals surface area contributed by atoms with Crippen molar-refractivity contribution in [3.63, 3.8) is 0 Å². The van der Waals surface area contributed by atoms with Crippen molar-refractivity contribution in [2.24, 2.45) is 5.92 Å². The fourth-order valence-electron chi connectivity index (χ4n) is 4.59. The van der Waals surface area contributed by atoms with E-state index in [1.807, 2.05) is 21.1 Å². The lowest BCUT2D eigenvalue weighted by atomic mass is 9.97. The molecule has 34 heavy (non-hydrogen) atoms. The van der Waals surface area contributed by atoms with Crippen LogP contribution < -0.4 is 5.11 Å². The number of nitrogens with zero attached hydrogens (tertiary/aromatic N) is 1. The number of rotatable bonds is 24. The second-order valence-electron chi connectivity index (χ2n) is 11.5. The molecule has 0 aliphatic rings. The Balaban J connectivity index is 3.51. The lowest BCUT2D eigenvalue weighted by Crippen LogP contribution is -2.45. The number of carboxylic acid groups (broad SMARTS) is 1. The van der Waals surface area contributed by atoms with E-state index in [0.29, 0.717) is 17.4 Å². The molecule has 0 radical (unpaired) electrons. The van der Waals surface area contributed by atoms with Crippen LogP contribution in [0.3, 0.4) is 0 Å². The van der Waals surface area contributed by atoms with E-state index < -0.39 is 12.1 Å². The number of aliphatic carboxylic acids is 1. The monoisotopic (exact) mass is 483 g/mol. The maximum absolute atomic E-state index is 12.1. The van der Waals surface area contributed by atoms with Gasteiger partial charge in [-0.15, -0.1) is 0 Å². The molecular formula is C29H57NO4. The lowest BCUT2D eigenvalue weighted by molar-refractivity contribution is -0.873. The van der Waals surface area contributed by atoms with Crippen LogP contribution in [0.4, 0.5) is 0 Å². The zero-order chi connectivity index (χ0) is 25.7. The van der Waals surface area contributed by atoms with E-state index >= 15 is 0 Å². The summed E-state index contributed by atoms with van der Waals surface area (Å²) in [4.78, 5) is 23.0. The largest absolute Gasteiger partial charge is 0.550 e. The second kappa shape index (κ2) is 21.2. The highest BCUT2D eigenvalue weighted by Crippen LogP contribution is 2.18. The molecule has 0 bridgehead atoms. The van der Waals surface area contributed by atoms with Crippen molar-refractivity contribution in [1.29, 1.82) is 0 Å². The molecule has 0 saturated carbocycles. The Morgan fingerprint density at radius 1 is 0.735 bits per heavy atom. The summed E-state index contributed by atoms with van der Waals surface area (Å²) in [6.07, 6.45) is 21.7. The van der Waals surface area contributed by atoms with E-state index in [-0.39, 0.29) is 12.4 Å². The van der Waals surface area contributed by atoms with Crippen molar-refractivity contribution in [3.8, 4) is 0 Å². The topological polar surface area (TPSA) is 66.4 Å². The zero-order valence-corrected chi connectivity index (χ0v) is 23.4. The van der Waals surface area contributed by atoms with E-state index in [1.165, 1.54) is 89.9 Å². The third kappa shape index (κ3) is 24.0. The van der Waals surface area contributed by atoms with Crippen LogP contribution in [0, 0.1) is 5.92 Å². The van der Waals surface area contributed by atoms with Crippen LogP contribution in [0.15, 0.2) is 0 Å². The Morgan fingerprint density at radius 2 is 1.18 bits per heavy atom. The predicted molar refractivity (Wildman–Crippen MR) is 140 cm³/mol. The molecule has 0 fully saturated rings. The summed E-state index contributed by atoms with van der Waals surface area (Å²) in [5, 5.41) is 10.9. The molecule has 2 unspecified atom stereocenters. The number of carbonyl (C=O) groups excluding carboxylic acids is 2. The molecule has 2 atom stereocenters. The van der Waals surface area contributed by atoms with Crippen LogP contribution in [0.5, 0.6) is 0 Å². The fourth-order valence-corrected chi connectivity index (χ4v) is 4.59. The van der Waals surface area contributed by atoms with Crippen LogP contribution >= 0.6 is 0 Å². The molecule has 0 aliphatic heterocycles. The van der Waals surface area contributed by atoms with Crippen molar-refractivity contribution < 1.29 is 23.9 Å². The molecule has 0 saturated heterocycles. The third-order valence-electron chi connectivity index (χ3n) is 6.57. The number of carboxylic acids is 1. The van der Waals surface area contributed by atoms with Crippen molar-refractivity contribution in [2.45, 2.75) is 142 Å². The van der Waals surface area contributed by atoms with Gasteiger partial charge in [0.2, 0.25) is 0 Å². The van der Waals surface area contributed by atoms with Crippen LogP contribution in [0.1, 0.15) is 136 Å². The summed E-state index contributed by atoms with van der Waals surface area (Å²) in [7, 11) is 5.86. The molecule has 0 aromatic rings. The van der Waals surface area contributed by atoms with Gasteiger partial charge in [-0.2, -0.15) is 0 Å². The fraction of sp³-hybridized carbons (Fsp3) is 0.931. The van der Waals surface area contributed by atoms with E-state index in [0.717, 1.165) is 25.2 Å². The Bertz CT molecular complexity index is 501. The van der Waals surface area contributed by atoms with Gasteiger partial charge >= 0.3 is 5.97 Å². The zero-order valence-electron chi connectivity index (χ0n) is 23.4. The molecule has 0 heterocycles. The predicted octanol–water partition coefficient (Wildman–Crippen LogP) is 6.42. The average Bonchev–Trinajstić information content (AvgIpc) is 2.73. The maximum atomic E-state index is 12.1. The Morgan fingerprint density at radius 3 is 1.62 bits per heavy atom. The number of hydrogen-bond acceptors (Lipinski definition) is 4. The highest BCUT2D eigenvalue weighted by Gasteiger charge is 2.22. The van der Waals surface area contributed by atoms with Crippen LogP contribution in [0.2, 0.25) is 0 Å². The molecule has 0 N–H and O–H groups in total. The first kappa shape index (κ1) is 32.9. The van der Waals surface area contributed by atoms with E-state index in [9.17, 15) is 14.7 Å². The molecule has 0 aliphatic carbocycles. The smallest absolute Gasteiger partial charge is 0.306 e. The van der Waals surface area contributed by atoms with Crippen LogP contribution in [0.25, 0.3) is 0 Å². The molecular weight excluding hydrogens is 426 g/mol.